The van der Waals surface area contributed by atoms with Crippen molar-refractivity contribution in [3.63, 3.8) is 0 Å². The maximum atomic E-state index is 11.9. The molecule has 6 heteroatoms. The number of ketones is 1. The van der Waals surface area contributed by atoms with E-state index in [0.29, 0.717) is 25.2 Å². The fourth-order valence-electron chi connectivity index (χ4n) is 4.00. The van der Waals surface area contributed by atoms with Crippen LogP contribution in [0.5, 0.6) is 0 Å². The zero-order chi connectivity index (χ0) is 23.9. The van der Waals surface area contributed by atoms with Crippen LogP contribution in [0.15, 0.2) is 0 Å². The van der Waals surface area contributed by atoms with E-state index in [2.05, 4.69) is 10.6 Å². The zero-order valence-corrected chi connectivity index (χ0v) is 21.0. The van der Waals surface area contributed by atoms with Crippen molar-refractivity contribution >= 4 is 17.6 Å². The second-order valence-corrected chi connectivity index (χ2v) is 9.24. The molecule has 0 bridgehead atoms. The van der Waals surface area contributed by atoms with Crippen LogP contribution in [0.4, 0.5) is 0 Å². The van der Waals surface area contributed by atoms with Crippen LogP contribution in [0.2, 0.25) is 0 Å². The Morgan fingerprint density at radius 2 is 1.09 bits per heavy atom. The van der Waals surface area contributed by atoms with Gasteiger partial charge in [0.1, 0.15) is 5.78 Å². The lowest BCUT2D eigenvalue weighted by Crippen LogP contribution is -2.39. The van der Waals surface area contributed by atoms with Gasteiger partial charge in [0.2, 0.25) is 11.8 Å². The zero-order valence-electron chi connectivity index (χ0n) is 21.0. The quantitative estimate of drug-likeness (QED) is 0.175. The standard InChI is InChI=1S/C26H51N3O3/c1-23(30)19-15-13-11-9-7-5-3-4-6-8-10-12-14-16-21-25(31)29-22-18-17-20-24(28-2)26(27)32/h24,28H,3-22H2,1-2H3,(H2,27,32)(H,29,31). The lowest BCUT2D eigenvalue weighted by molar-refractivity contribution is -0.121. The fraction of sp³-hybridized carbons (Fsp3) is 0.885. The van der Waals surface area contributed by atoms with Gasteiger partial charge in [0.05, 0.1) is 6.04 Å². The highest BCUT2D eigenvalue weighted by molar-refractivity contribution is 5.79. The Balaban J connectivity index is 3.26. The number of hydrogen-bond acceptors (Lipinski definition) is 4. The van der Waals surface area contributed by atoms with Gasteiger partial charge in [-0.15, -0.1) is 0 Å². The number of likely N-dealkylation sites (N-methyl/N-ethyl adjacent to an activating group) is 1. The normalized spacial score (nSPS) is 11.9. The van der Waals surface area contributed by atoms with Gasteiger partial charge in [0.25, 0.3) is 0 Å². The highest BCUT2D eigenvalue weighted by Gasteiger charge is 2.11. The molecule has 1 atom stereocenters. The number of amides is 2. The molecule has 0 saturated heterocycles. The molecule has 0 spiro atoms. The van der Waals surface area contributed by atoms with Crippen LogP contribution < -0.4 is 16.4 Å². The summed E-state index contributed by atoms with van der Waals surface area (Å²) >= 11 is 0. The third-order valence-electron chi connectivity index (χ3n) is 6.12. The molecule has 32 heavy (non-hydrogen) atoms. The number of primary amides is 1. The molecule has 0 fully saturated rings. The first kappa shape index (κ1) is 30.6. The van der Waals surface area contributed by atoms with E-state index in [1.54, 1.807) is 14.0 Å². The van der Waals surface area contributed by atoms with Crippen LogP contribution in [-0.2, 0) is 14.4 Å². The molecular weight excluding hydrogens is 402 g/mol. The van der Waals surface area contributed by atoms with Crippen molar-refractivity contribution in [3.8, 4) is 0 Å². The van der Waals surface area contributed by atoms with E-state index < -0.39 is 0 Å². The Hall–Kier alpha value is -1.43. The van der Waals surface area contributed by atoms with E-state index >= 15 is 0 Å². The molecule has 188 valence electrons. The van der Waals surface area contributed by atoms with Gasteiger partial charge in [-0.2, -0.15) is 0 Å². The van der Waals surface area contributed by atoms with Gasteiger partial charge in [-0.05, 0) is 46.1 Å². The van der Waals surface area contributed by atoms with Gasteiger partial charge in [0.15, 0.2) is 0 Å². The van der Waals surface area contributed by atoms with Gasteiger partial charge < -0.3 is 21.2 Å². The van der Waals surface area contributed by atoms with Gasteiger partial charge in [-0.25, -0.2) is 0 Å². The molecule has 0 saturated carbocycles. The van der Waals surface area contributed by atoms with Gasteiger partial charge in [0, 0.05) is 19.4 Å². The molecule has 2 amide bonds. The maximum Gasteiger partial charge on any atom is 0.234 e. The van der Waals surface area contributed by atoms with Crippen LogP contribution in [0.25, 0.3) is 0 Å². The molecule has 0 aromatic carbocycles. The molecule has 0 aliphatic rings. The van der Waals surface area contributed by atoms with Gasteiger partial charge in [-0.1, -0.05) is 77.0 Å². The largest absolute Gasteiger partial charge is 0.368 e. The average Bonchev–Trinajstić information content (AvgIpc) is 2.75. The highest BCUT2D eigenvalue weighted by atomic mass is 16.2. The van der Waals surface area contributed by atoms with E-state index in [4.69, 9.17) is 5.73 Å². The lowest BCUT2D eigenvalue weighted by Gasteiger charge is -2.11. The number of hydrogen-bond donors (Lipinski definition) is 3. The van der Waals surface area contributed by atoms with Gasteiger partial charge >= 0.3 is 0 Å². The Labute approximate surface area is 197 Å². The van der Waals surface area contributed by atoms with Crippen molar-refractivity contribution in [1.29, 1.82) is 0 Å². The second-order valence-electron chi connectivity index (χ2n) is 9.24. The molecule has 4 N–H and O–H groups in total. The van der Waals surface area contributed by atoms with E-state index in [9.17, 15) is 14.4 Å². The molecule has 0 aliphatic heterocycles. The van der Waals surface area contributed by atoms with Gasteiger partial charge in [-0.3, -0.25) is 9.59 Å². The predicted molar refractivity (Wildman–Crippen MR) is 133 cm³/mol. The summed E-state index contributed by atoms with van der Waals surface area (Å²) in [5, 5.41) is 5.87. The summed E-state index contributed by atoms with van der Waals surface area (Å²) in [6.07, 6.45) is 21.4. The Morgan fingerprint density at radius 1 is 0.656 bits per heavy atom. The first-order valence-electron chi connectivity index (χ1n) is 13.2. The van der Waals surface area contributed by atoms with E-state index in [-0.39, 0.29) is 17.9 Å². The number of unbranched alkanes of at least 4 members (excludes halogenated alkanes) is 14. The molecule has 0 heterocycles. The summed E-state index contributed by atoms with van der Waals surface area (Å²) in [6.45, 7) is 2.36. The smallest absolute Gasteiger partial charge is 0.234 e. The Kier molecular flexibility index (Phi) is 21.7. The van der Waals surface area contributed by atoms with Crippen LogP contribution in [-0.4, -0.2) is 37.2 Å². The number of rotatable bonds is 24. The van der Waals surface area contributed by atoms with Crippen molar-refractivity contribution < 1.29 is 14.4 Å². The fourth-order valence-corrected chi connectivity index (χ4v) is 4.00. The van der Waals surface area contributed by atoms with Crippen molar-refractivity contribution in [2.45, 2.75) is 135 Å². The van der Waals surface area contributed by atoms with Crippen molar-refractivity contribution in [3.05, 3.63) is 0 Å². The number of carbonyl (C=O) groups excluding carboxylic acids is 3. The first-order valence-corrected chi connectivity index (χ1v) is 13.2. The monoisotopic (exact) mass is 453 g/mol. The number of nitrogens with two attached hydrogens (primary N) is 1. The van der Waals surface area contributed by atoms with E-state index in [1.807, 2.05) is 0 Å². The topological polar surface area (TPSA) is 101 Å². The third kappa shape index (κ3) is 21.8. The molecule has 1 unspecified atom stereocenters. The minimum atomic E-state index is -0.318. The minimum Gasteiger partial charge on any atom is -0.368 e. The van der Waals surface area contributed by atoms with Crippen LogP contribution >= 0.6 is 0 Å². The third-order valence-corrected chi connectivity index (χ3v) is 6.12. The van der Waals surface area contributed by atoms with Crippen molar-refractivity contribution in [1.82, 2.24) is 10.6 Å². The molecule has 0 aliphatic carbocycles. The van der Waals surface area contributed by atoms with Crippen LogP contribution in [0.3, 0.4) is 0 Å². The lowest BCUT2D eigenvalue weighted by atomic mass is 10.0. The highest BCUT2D eigenvalue weighted by Crippen LogP contribution is 2.13. The number of nitrogens with one attached hydrogen (secondary N) is 2. The number of carbonyl (C=O) groups is 3. The van der Waals surface area contributed by atoms with Crippen LogP contribution in [0.1, 0.15) is 129 Å². The summed E-state index contributed by atoms with van der Waals surface area (Å²) < 4.78 is 0. The summed E-state index contributed by atoms with van der Waals surface area (Å²) in [5.74, 6) is 0.144. The molecule has 0 radical (unpaired) electrons. The Bertz CT molecular complexity index is 483. The summed E-state index contributed by atoms with van der Waals surface area (Å²) in [7, 11) is 1.74. The first-order chi connectivity index (χ1) is 15.5. The average molecular weight is 454 g/mol. The number of Topliss-reactive ketones (excluding diaryl/α,β-unsaturated/α-hetero) is 1. The SMILES string of the molecule is CNC(CCCCNC(=O)CCCCCCCCCCCCCCCCC(C)=O)C(N)=O. The Morgan fingerprint density at radius 3 is 1.50 bits per heavy atom. The maximum absolute atomic E-state index is 11.9. The molecule has 0 rings (SSSR count). The molecule has 6 nitrogen and oxygen atoms in total. The van der Waals surface area contributed by atoms with Crippen molar-refractivity contribution in [2.75, 3.05) is 13.6 Å². The predicted octanol–water partition coefficient (Wildman–Crippen LogP) is 5.18. The van der Waals surface area contributed by atoms with E-state index in [1.165, 1.54) is 70.6 Å². The summed E-state index contributed by atoms with van der Waals surface area (Å²) in [4.78, 5) is 33.8. The molecular formula is C26H51N3O3. The summed E-state index contributed by atoms with van der Waals surface area (Å²) in [5.41, 5.74) is 5.29. The molecule has 0 aromatic rings. The van der Waals surface area contributed by atoms with Crippen LogP contribution in [0, 0.1) is 0 Å². The van der Waals surface area contributed by atoms with Crippen molar-refractivity contribution in [2.24, 2.45) is 5.73 Å². The summed E-state index contributed by atoms with van der Waals surface area (Å²) in [6, 6.07) is -0.272. The molecule has 0 aromatic heterocycles. The second kappa shape index (κ2) is 22.8. The minimum absolute atomic E-state index is 0.143. The van der Waals surface area contributed by atoms with E-state index in [0.717, 1.165) is 38.5 Å².